The lowest BCUT2D eigenvalue weighted by Gasteiger charge is -2.39. The van der Waals surface area contributed by atoms with Crippen LogP contribution in [0.5, 0.6) is 5.75 Å². The van der Waals surface area contributed by atoms with Gasteiger partial charge >= 0.3 is 11.8 Å². The number of phenols is 1. The van der Waals surface area contributed by atoms with Gasteiger partial charge in [-0.15, -0.1) is 0 Å². The van der Waals surface area contributed by atoms with Crippen molar-refractivity contribution in [2.24, 2.45) is 0 Å². The molecule has 274 valence electrons. The largest absolute Gasteiger partial charge is 0.506 e. The number of fused-ring (bicyclic) bond motifs is 2. The lowest BCUT2D eigenvalue weighted by molar-refractivity contribution is 0.181. The van der Waals surface area contributed by atoms with Gasteiger partial charge in [-0.05, 0) is 70.7 Å². The number of aromatic amines is 2. The quantitative estimate of drug-likeness (QED) is 0.0692. The molecule has 4 aromatic carbocycles. The number of phenolic OH excluding ortho intramolecular Hbond substituents is 1. The summed E-state index contributed by atoms with van der Waals surface area (Å²) in [5, 5.41) is 26.7. The fourth-order valence-corrected chi connectivity index (χ4v) is 7.46. The number of hydrogen-bond donors (Lipinski definition) is 6. The number of carboxylic acid groups (broad SMARTS) is 1. The molecule has 6 N–H and O–H groups in total. The number of hydrogen-bond acceptors (Lipinski definition) is 6. The van der Waals surface area contributed by atoms with E-state index in [2.05, 4.69) is 54.5 Å². The summed E-state index contributed by atoms with van der Waals surface area (Å²) in [6.07, 6.45) is 2.24. The van der Waals surface area contributed by atoms with Gasteiger partial charge in [-0.25, -0.2) is 9.59 Å². The summed E-state index contributed by atoms with van der Waals surface area (Å²) >= 11 is 0. The third-order valence-corrected chi connectivity index (χ3v) is 14.4. The summed E-state index contributed by atoms with van der Waals surface area (Å²) in [6, 6.07) is 27.6. The Morgan fingerprint density at radius 2 is 1.74 bits per heavy atom. The molecule has 0 spiro atoms. The Morgan fingerprint density at radius 3 is 2.47 bits per heavy atom. The molecule has 6 aromatic rings. The molecule has 0 unspecified atom stereocenters. The van der Waals surface area contributed by atoms with Crippen molar-refractivity contribution >= 4 is 48.1 Å². The number of nitrogens with one attached hydrogen (secondary N) is 4. The molecule has 0 saturated heterocycles. The highest BCUT2D eigenvalue weighted by atomic mass is 28.4. The fraction of sp³-hybridized carbons (Fsp3) is 0.244. The van der Waals surface area contributed by atoms with Crippen molar-refractivity contribution in [1.29, 1.82) is 0 Å². The predicted molar refractivity (Wildman–Crippen MR) is 214 cm³/mol. The maximum Gasteiger partial charge on any atom is 0.409 e. The van der Waals surface area contributed by atoms with Gasteiger partial charge in [-0.1, -0.05) is 87.5 Å². The van der Waals surface area contributed by atoms with Crippen molar-refractivity contribution in [3.8, 4) is 16.9 Å². The molecule has 0 bridgehead atoms. The molecular weight excluding hydrogens is 687 g/mol. The standard InChI is InChI=1S/C41H45N5O6Si/c1-41(2,3)53(4,5)52-36(30-16-19-35(47)38-31(30)17-20-37(48)45-38)25-42-24-27-14-18-34-33(23-27)43-39(49)46(34)21-9-10-26-13-15-29(28-11-7-6-8-12-28)32(22-26)44-40(50)51/h6-20,22-23,36,42,44,47H,21,24-25H2,1-5H3,(H,43,49)(H,45,48)(H,50,51)/b10-9+/t36-/m1/s1. The van der Waals surface area contributed by atoms with Gasteiger partial charge in [0, 0.05) is 36.7 Å². The van der Waals surface area contributed by atoms with E-state index >= 15 is 0 Å². The van der Waals surface area contributed by atoms with Crippen LogP contribution in [0.4, 0.5) is 10.5 Å². The number of carbonyl (C=O) groups is 1. The van der Waals surface area contributed by atoms with E-state index in [-0.39, 0.29) is 28.1 Å². The van der Waals surface area contributed by atoms with Crippen LogP contribution in [-0.4, -0.2) is 45.7 Å². The number of aromatic nitrogens is 3. The molecule has 1 amide bonds. The van der Waals surface area contributed by atoms with E-state index in [1.165, 1.54) is 6.07 Å². The molecule has 0 fully saturated rings. The predicted octanol–water partition coefficient (Wildman–Crippen LogP) is 8.20. The Hall–Kier alpha value is -5.69. The average molecular weight is 732 g/mol. The van der Waals surface area contributed by atoms with E-state index in [1.54, 1.807) is 22.8 Å². The molecule has 0 radical (unpaired) electrons. The molecule has 2 heterocycles. The zero-order valence-corrected chi connectivity index (χ0v) is 31.5. The van der Waals surface area contributed by atoms with E-state index in [0.717, 1.165) is 38.7 Å². The Labute approximate surface area is 308 Å². The maximum absolute atomic E-state index is 13.0. The van der Waals surface area contributed by atoms with Crippen molar-refractivity contribution in [2.45, 2.75) is 58.1 Å². The van der Waals surface area contributed by atoms with Gasteiger partial charge in [0.2, 0.25) is 5.56 Å². The first-order valence-electron chi connectivity index (χ1n) is 17.5. The number of imidazole rings is 1. The molecule has 0 aliphatic rings. The van der Waals surface area contributed by atoms with Crippen molar-refractivity contribution < 1.29 is 19.4 Å². The summed E-state index contributed by atoms with van der Waals surface area (Å²) in [5.41, 5.74) is 6.12. The summed E-state index contributed by atoms with van der Waals surface area (Å²) in [7, 11) is -2.24. The fourth-order valence-electron chi connectivity index (χ4n) is 6.18. The Balaban J connectivity index is 1.18. The molecule has 2 aromatic heterocycles. The van der Waals surface area contributed by atoms with Gasteiger partial charge in [-0.3, -0.25) is 14.7 Å². The highest BCUT2D eigenvalue weighted by Gasteiger charge is 2.39. The van der Waals surface area contributed by atoms with Gasteiger partial charge in [0.15, 0.2) is 8.32 Å². The molecular formula is C41H45N5O6Si. The minimum atomic E-state index is -2.24. The van der Waals surface area contributed by atoms with Gasteiger partial charge < -0.3 is 29.9 Å². The number of allylic oxidation sites excluding steroid dienone is 1. The maximum atomic E-state index is 13.0. The molecule has 6 rings (SSSR count). The normalized spacial score (nSPS) is 12.8. The average Bonchev–Trinajstić information content (AvgIpc) is 3.41. The summed E-state index contributed by atoms with van der Waals surface area (Å²) in [5.74, 6) is 0.00452. The smallest absolute Gasteiger partial charge is 0.409 e. The van der Waals surface area contributed by atoms with Crippen molar-refractivity contribution in [1.82, 2.24) is 19.9 Å². The number of rotatable bonds is 12. The SMILES string of the molecule is CC(C)(C)[Si](C)(C)O[C@H](CNCc1ccc2c(c1)[nH]c(=O)n2C/C=C/c1ccc(-c2ccccc2)c(NC(=O)O)c1)c1ccc(O)c2[nH]c(=O)ccc12. The zero-order valence-electron chi connectivity index (χ0n) is 30.5. The first-order chi connectivity index (χ1) is 25.2. The van der Waals surface area contributed by atoms with Crippen molar-refractivity contribution in [3.63, 3.8) is 0 Å². The van der Waals surface area contributed by atoms with Crippen LogP contribution in [0.1, 0.15) is 43.6 Å². The topological polar surface area (TPSA) is 161 Å². The third-order valence-electron chi connectivity index (χ3n) is 9.96. The Kier molecular flexibility index (Phi) is 10.6. The highest BCUT2D eigenvalue weighted by Crippen LogP contribution is 2.41. The Bertz CT molecular complexity index is 2420. The number of nitrogens with zero attached hydrogens (tertiary/aromatic N) is 1. The molecule has 0 saturated carbocycles. The lowest BCUT2D eigenvalue weighted by atomic mass is 10.0. The van der Waals surface area contributed by atoms with Crippen molar-refractivity contribution in [3.05, 3.63) is 135 Å². The van der Waals surface area contributed by atoms with E-state index in [0.29, 0.717) is 36.4 Å². The second kappa shape index (κ2) is 15.1. The monoisotopic (exact) mass is 731 g/mol. The summed E-state index contributed by atoms with van der Waals surface area (Å²) < 4.78 is 8.58. The molecule has 53 heavy (non-hydrogen) atoms. The second-order valence-electron chi connectivity index (χ2n) is 14.7. The number of anilines is 1. The van der Waals surface area contributed by atoms with Crippen LogP contribution in [0.15, 0.2) is 107 Å². The first-order valence-corrected chi connectivity index (χ1v) is 20.4. The van der Waals surface area contributed by atoms with Crippen LogP contribution in [0.3, 0.4) is 0 Å². The number of benzene rings is 4. The highest BCUT2D eigenvalue weighted by molar-refractivity contribution is 6.74. The molecule has 0 aliphatic heterocycles. The van der Waals surface area contributed by atoms with Crippen LogP contribution < -0.4 is 21.9 Å². The van der Waals surface area contributed by atoms with Crippen molar-refractivity contribution in [2.75, 3.05) is 11.9 Å². The zero-order chi connectivity index (χ0) is 37.9. The molecule has 12 heteroatoms. The number of H-pyrrole nitrogens is 2. The number of pyridine rings is 1. The van der Waals surface area contributed by atoms with Gasteiger partial charge in [0.1, 0.15) is 5.75 Å². The van der Waals surface area contributed by atoms with Crippen LogP contribution in [0, 0.1) is 0 Å². The molecule has 1 atom stereocenters. The minimum absolute atomic E-state index is 0.00452. The van der Waals surface area contributed by atoms with Gasteiger partial charge in [0.05, 0.1) is 28.3 Å². The summed E-state index contributed by atoms with van der Waals surface area (Å²) in [6.45, 7) is 12.3. The van der Waals surface area contributed by atoms with Crippen LogP contribution in [-0.2, 0) is 17.5 Å². The third kappa shape index (κ3) is 8.36. The van der Waals surface area contributed by atoms with Gasteiger partial charge in [0.25, 0.3) is 0 Å². The Morgan fingerprint density at radius 1 is 0.962 bits per heavy atom. The molecule has 11 nitrogen and oxygen atoms in total. The van der Waals surface area contributed by atoms with Crippen LogP contribution >= 0.6 is 0 Å². The number of amides is 1. The van der Waals surface area contributed by atoms with E-state index in [9.17, 15) is 24.6 Å². The van der Waals surface area contributed by atoms with E-state index in [1.807, 2.05) is 78.9 Å². The number of aromatic hydroxyl groups is 1. The lowest BCUT2D eigenvalue weighted by Crippen LogP contribution is -2.43. The minimum Gasteiger partial charge on any atom is -0.506 e. The first kappa shape index (κ1) is 37.1. The second-order valence-corrected chi connectivity index (χ2v) is 19.4. The van der Waals surface area contributed by atoms with E-state index < -0.39 is 14.4 Å². The van der Waals surface area contributed by atoms with Crippen LogP contribution in [0.25, 0.3) is 39.1 Å². The molecule has 0 aliphatic carbocycles. The summed E-state index contributed by atoms with van der Waals surface area (Å²) in [4.78, 5) is 42.4. The van der Waals surface area contributed by atoms with E-state index in [4.69, 9.17) is 4.43 Å². The van der Waals surface area contributed by atoms with Gasteiger partial charge in [-0.2, -0.15) is 0 Å². The van der Waals surface area contributed by atoms with Crippen LogP contribution in [0.2, 0.25) is 18.1 Å².